The van der Waals surface area contributed by atoms with Gasteiger partial charge in [-0.25, -0.2) is 0 Å². The third-order valence-corrected chi connectivity index (χ3v) is 14.0. The van der Waals surface area contributed by atoms with E-state index in [-0.39, 0.29) is 0 Å². The lowest BCUT2D eigenvalue weighted by Crippen LogP contribution is -2.35. The number of thioether (sulfide) groups is 1. The maximum absolute atomic E-state index is 2.62. The first kappa shape index (κ1) is 45.7. The molecule has 0 unspecified atom stereocenters. The fourth-order valence-corrected chi connectivity index (χ4v) is 10.6. The van der Waals surface area contributed by atoms with Crippen LogP contribution in [0.4, 0.5) is 5.69 Å². The second-order valence-corrected chi connectivity index (χ2v) is 18.7. The maximum Gasteiger partial charge on any atom is 0.263 e. The van der Waals surface area contributed by atoms with Gasteiger partial charge >= 0.3 is 0 Å². The summed E-state index contributed by atoms with van der Waals surface area (Å²) in [5.41, 5.74) is 4.24. The van der Waals surface area contributed by atoms with Crippen LogP contribution < -0.4 is 9.47 Å². The molecule has 1 aromatic heterocycles. The van der Waals surface area contributed by atoms with E-state index in [2.05, 4.69) is 90.9 Å². The van der Waals surface area contributed by atoms with Crippen molar-refractivity contribution in [3.05, 3.63) is 70.2 Å². The van der Waals surface area contributed by atoms with Gasteiger partial charge in [0, 0.05) is 30.0 Å². The van der Waals surface area contributed by atoms with Crippen molar-refractivity contribution in [2.45, 2.75) is 218 Å². The molecule has 306 valence electrons. The van der Waals surface area contributed by atoms with Crippen LogP contribution in [-0.4, -0.2) is 6.54 Å². The van der Waals surface area contributed by atoms with Gasteiger partial charge in [-0.15, -0.1) is 0 Å². The van der Waals surface area contributed by atoms with Crippen LogP contribution >= 0.6 is 23.1 Å². The number of allylic oxidation sites excluding steroid dienone is 2. The number of hydrogen-bond donors (Lipinski definition) is 0. The molecule has 55 heavy (non-hydrogen) atoms. The predicted octanol–water partition coefficient (Wildman–Crippen LogP) is 17.4. The molecule has 0 saturated heterocycles. The Morgan fingerprint density at radius 3 is 1.56 bits per heavy atom. The molecule has 0 saturated carbocycles. The zero-order valence-electron chi connectivity index (χ0n) is 35.9. The van der Waals surface area contributed by atoms with Crippen LogP contribution in [0.5, 0.6) is 0 Å². The standard InChI is InChI=1S/C51H81N2S2/c1-4-7-9-11-13-15-17-19-21-23-25-27-29-35-41-52-46-37-31-33-39-48(46)54-50(52)43-45(6-3)44-51-53(47-38-32-34-40-49(47)55-51)42-36-30-28-26-24-22-20-18-16-14-12-10-8-5-2/h31-34,37-40,43-44H,4-30,35-36,41-42H2,1-3H3/q+1. The molecule has 0 fully saturated rings. The zero-order chi connectivity index (χ0) is 38.6. The SMILES string of the molecule is CCCCCCCCCCCCCCCCN1/C(=C/C(=C\c2sc3ccccc3[n+]2CCCCCCCCCCCCCCCC)CC)Sc2ccccc21. The first-order valence-corrected chi connectivity index (χ1v) is 25.3. The van der Waals surface area contributed by atoms with E-state index in [1.54, 1.807) is 0 Å². The monoisotopic (exact) mass is 786 g/mol. The van der Waals surface area contributed by atoms with Crippen molar-refractivity contribution in [2.24, 2.45) is 0 Å². The number of anilines is 1. The Kier molecular flexibility index (Phi) is 24.3. The van der Waals surface area contributed by atoms with Crippen molar-refractivity contribution in [3.8, 4) is 0 Å². The van der Waals surface area contributed by atoms with E-state index in [9.17, 15) is 0 Å². The summed E-state index contributed by atoms with van der Waals surface area (Å²) >= 11 is 3.94. The van der Waals surface area contributed by atoms with Crippen molar-refractivity contribution in [3.63, 3.8) is 0 Å². The quantitative estimate of drug-likeness (QED) is 0.0448. The van der Waals surface area contributed by atoms with Gasteiger partial charge in [0.15, 0.2) is 6.54 Å². The van der Waals surface area contributed by atoms with Crippen molar-refractivity contribution < 1.29 is 4.57 Å². The molecule has 2 heterocycles. The molecular weight excluding hydrogens is 705 g/mol. The average Bonchev–Trinajstić information content (AvgIpc) is 3.74. The maximum atomic E-state index is 2.62. The molecule has 4 rings (SSSR count). The molecular formula is C51H81N2S2+. The summed E-state index contributed by atoms with van der Waals surface area (Å²) in [7, 11) is 0. The number of nitrogens with zero attached hydrogens (tertiary/aromatic N) is 2. The van der Waals surface area contributed by atoms with E-state index < -0.39 is 0 Å². The van der Waals surface area contributed by atoms with Gasteiger partial charge in [-0.3, -0.25) is 0 Å². The lowest BCUT2D eigenvalue weighted by molar-refractivity contribution is -0.669. The zero-order valence-corrected chi connectivity index (χ0v) is 37.5. The number of para-hydroxylation sites is 2. The fraction of sp³-hybridized carbons (Fsp3) is 0.667. The topological polar surface area (TPSA) is 7.12 Å². The van der Waals surface area contributed by atoms with Gasteiger partial charge in [0.2, 0.25) is 5.52 Å². The highest BCUT2D eigenvalue weighted by Crippen LogP contribution is 2.46. The third kappa shape index (κ3) is 17.6. The van der Waals surface area contributed by atoms with Gasteiger partial charge in [-0.2, -0.15) is 4.57 Å². The largest absolute Gasteiger partial charge is 0.335 e. The Morgan fingerprint density at radius 1 is 0.545 bits per heavy atom. The van der Waals surface area contributed by atoms with Crippen LogP contribution in [0.2, 0.25) is 0 Å². The molecule has 0 amide bonds. The molecule has 1 aliphatic heterocycles. The molecule has 2 aromatic carbocycles. The Bertz CT molecular complexity index is 1480. The minimum atomic E-state index is 1.04. The number of aryl methyl sites for hydroxylation is 1. The molecule has 0 bridgehead atoms. The van der Waals surface area contributed by atoms with Crippen molar-refractivity contribution >= 4 is 45.1 Å². The highest BCUT2D eigenvalue weighted by atomic mass is 32.2. The van der Waals surface area contributed by atoms with Crippen LogP contribution in [0.1, 0.15) is 212 Å². The second-order valence-electron chi connectivity index (χ2n) is 16.5. The normalized spacial score (nSPS) is 13.8. The molecule has 0 N–H and O–H groups in total. The predicted molar refractivity (Wildman–Crippen MR) is 249 cm³/mol. The summed E-state index contributed by atoms with van der Waals surface area (Å²) in [4.78, 5) is 4.03. The molecule has 0 spiro atoms. The molecule has 0 atom stereocenters. The van der Waals surface area contributed by atoms with Crippen LogP contribution in [0.25, 0.3) is 16.3 Å². The number of thiazole rings is 1. The molecule has 2 nitrogen and oxygen atoms in total. The Balaban J connectivity index is 1.23. The lowest BCUT2D eigenvalue weighted by Gasteiger charge is -2.21. The molecule has 0 aliphatic carbocycles. The molecule has 4 heteroatoms. The summed E-state index contributed by atoms with van der Waals surface area (Å²) in [6.07, 6.45) is 45.5. The van der Waals surface area contributed by atoms with E-state index in [1.165, 1.54) is 216 Å². The average molecular weight is 786 g/mol. The van der Waals surface area contributed by atoms with E-state index in [0.717, 1.165) is 19.5 Å². The van der Waals surface area contributed by atoms with Crippen molar-refractivity contribution in [2.75, 3.05) is 11.4 Å². The van der Waals surface area contributed by atoms with Crippen LogP contribution in [0.15, 0.2) is 70.1 Å². The highest BCUT2D eigenvalue weighted by Gasteiger charge is 2.25. The molecule has 0 radical (unpaired) electrons. The van der Waals surface area contributed by atoms with E-state index in [0.29, 0.717) is 0 Å². The van der Waals surface area contributed by atoms with Gasteiger partial charge in [-0.05, 0) is 49.1 Å². The Labute approximate surface area is 348 Å². The van der Waals surface area contributed by atoms with Crippen LogP contribution in [0, 0.1) is 0 Å². The summed E-state index contributed by atoms with van der Waals surface area (Å²) in [6, 6.07) is 18.1. The minimum absolute atomic E-state index is 1.04. The van der Waals surface area contributed by atoms with Gasteiger partial charge in [-0.1, -0.05) is 229 Å². The molecule has 3 aromatic rings. The lowest BCUT2D eigenvalue weighted by atomic mass is 10.0. The van der Waals surface area contributed by atoms with Gasteiger partial charge in [0.1, 0.15) is 4.70 Å². The van der Waals surface area contributed by atoms with E-state index in [1.807, 2.05) is 23.1 Å². The van der Waals surface area contributed by atoms with Crippen LogP contribution in [-0.2, 0) is 6.54 Å². The number of unbranched alkanes of at least 4 members (excludes halogenated alkanes) is 26. The van der Waals surface area contributed by atoms with Gasteiger partial charge in [0.05, 0.1) is 10.7 Å². The Hall–Kier alpha value is -2.04. The van der Waals surface area contributed by atoms with E-state index >= 15 is 0 Å². The number of benzene rings is 2. The second kappa shape index (κ2) is 29.2. The number of rotatable bonds is 33. The summed E-state index contributed by atoms with van der Waals surface area (Å²) < 4.78 is 4.03. The molecule has 1 aliphatic rings. The van der Waals surface area contributed by atoms with Crippen molar-refractivity contribution in [1.82, 2.24) is 0 Å². The fourth-order valence-electron chi connectivity index (χ4n) is 8.27. The number of hydrogen-bond acceptors (Lipinski definition) is 3. The van der Waals surface area contributed by atoms with Gasteiger partial charge < -0.3 is 4.90 Å². The Morgan fingerprint density at radius 2 is 1.02 bits per heavy atom. The highest BCUT2D eigenvalue weighted by molar-refractivity contribution is 8.03. The van der Waals surface area contributed by atoms with E-state index in [4.69, 9.17) is 0 Å². The van der Waals surface area contributed by atoms with Gasteiger partial charge in [0.25, 0.3) is 5.01 Å². The summed E-state index contributed by atoms with van der Waals surface area (Å²) in [5, 5.41) is 2.81. The summed E-state index contributed by atoms with van der Waals surface area (Å²) in [5.74, 6) is 0. The first-order chi connectivity index (χ1) is 27.2. The smallest absolute Gasteiger partial charge is 0.263 e. The summed E-state index contributed by atoms with van der Waals surface area (Å²) in [6.45, 7) is 9.18. The third-order valence-electron chi connectivity index (χ3n) is 11.8. The van der Waals surface area contributed by atoms with Crippen molar-refractivity contribution in [1.29, 1.82) is 0 Å². The number of aromatic nitrogens is 1. The minimum Gasteiger partial charge on any atom is -0.335 e. The first-order valence-electron chi connectivity index (χ1n) is 23.6. The number of fused-ring (bicyclic) bond motifs is 2. The van der Waals surface area contributed by atoms with Crippen LogP contribution in [0.3, 0.4) is 0 Å².